The van der Waals surface area contributed by atoms with Gasteiger partial charge in [-0.05, 0) is 69.0 Å². The van der Waals surface area contributed by atoms with Crippen molar-refractivity contribution < 1.29 is 33.3 Å². The van der Waals surface area contributed by atoms with Crippen LogP contribution in [0.3, 0.4) is 0 Å². The molecular weight excluding hydrogens is 440 g/mol. The smallest absolute Gasteiger partial charge is 0.336 e. The van der Waals surface area contributed by atoms with Gasteiger partial charge in [0.15, 0.2) is 14.1 Å². The summed E-state index contributed by atoms with van der Waals surface area (Å²) < 4.78 is 22.3. The van der Waals surface area contributed by atoms with Crippen LogP contribution in [0.15, 0.2) is 11.6 Å². The molecule has 1 aliphatic rings. The van der Waals surface area contributed by atoms with Gasteiger partial charge in [-0.1, -0.05) is 34.6 Å². The summed E-state index contributed by atoms with van der Waals surface area (Å²) in [7, 11) is 0.0264. The average Bonchev–Trinajstić information content (AvgIpc) is 2.98. The molecule has 0 saturated carbocycles. The van der Waals surface area contributed by atoms with Crippen molar-refractivity contribution in [1.82, 2.24) is 0 Å². The first-order valence-corrected chi connectivity index (χ1v) is 14.8. The molecule has 33 heavy (non-hydrogen) atoms. The molecule has 1 heterocycles. The van der Waals surface area contributed by atoms with Crippen LogP contribution in [0, 0.1) is 17.8 Å². The molecule has 192 valence electrons. The number of rotatable bonds is 11. The Morgan fingerprint density at radius 2 is 1.67 bits per heavy atom. The van der Waals surface area contributed by atoms with Crippen LogP contribution in [0.2, 0.25) is 18.1 Å². The highest BCUT2D eigenvalue weighted by Gasteiger charge is 2.51. The zero-order valence-electron chi connectivity index (χ0n) is 22.5. The van der Waals surface area contributed by atoms with E-state index in [9.17, 15) is 14.4 Å². The highest BCUT2D eigenvalue weighted by atomic mass is 28.4. The van der Waals surface area contributed by atoms with Crippen LogP contribution in [0.4, 0.5) is 0 Å². The molecule has 4 atom stereocenters. The van der Waals surface area contributed by atoms with Crippen LogP contribution in [-0.4, -0.2) is 57.3 Å². The lowest BCUT2D eigenvalue weighted by molar-refractivity contribution is -0.152. The summed E-state index contributed by atoms with van der Waals surface area (Å²) in [5.74, 6) is -1.30. The Morgan fingerprint density at radius 1 is 1.09 bits per heavy atom. The third-order valence-corrected chi connectivity index (χ3v) is 10.3. The lowest BCUT2D eigenvalue weighted by Crippen LogP contribution is -2.44. The van der Waals surface area contributed by atoms with Gasteiger partial charge >= 0.3 is 11.9 Å². The Labute approximate surface area is 201 Å². The van der Waals surface area contributed by atoms with E-state index in [0.717, 1.165) is 18.9 Å². The van der Waals surface area contributed by atoms with E-state index >= 15 is 0 Å². The predicted octanol–water partition coefficient (Wildman–Crippen LogP) is 4.84. The standard InChI is InChI=1S/C25H46O7Si/c1-16(2)12-17(3)13-18(15-24(4,5)33(10,11)28)21-22(32-25(6,7)31-21)19(23(27)30-9)14-20(26)29-8/h14,16-18,21-22,28H,12-13,15H2,1-11H3/b19-14-/t17?,18-,21+,22+/m1/s1. The average molecular weight is 487 g/mol. The van der Waals surface area contributed by atoms with Gasteiger partial charge in [-0.3, -0.25) is 0 Å². The van der Waals surface area contributed by atoms with E-state index in [1.165, 1.54) is 14.2 Å². The van der Waals surface area contributed by atoms with Gasteiger partial charge in [0.1, 0.15) is 6.10 Å². The van der Waals surface area contributed by atoms with Gasteiger partial charge in [0.25, 0.3) is 0 Å². The van der Waals surface area contributed by atoms with E-state index in [1.54, 1.807) is 13.8 Å². The molecule has 1 unspecified atom stereocenters. The molecule has 0 aliphatic carbocycles. The van der Waals surface area contributed by atoms with Crippen molar-refractivity contribution in [3.63, 3.8) is 0 Å². The van der Waals surface area contributed by atoms with Gasteiger partial charge < -0.3 is 23.7 Å². The highest BCUT2D eigenvalue weighted by molar-refractivity contribution is 6.72. The molecule has 0 radical (unpaired) electrons. The maximum Gasteiger partial charge on any atom is 0.336 e. The first kappa shape index (κ1) is 29.8. The van der Waals surface area contributed by atoms with Gasteiger partial charge in [0.05, 0.1) is 25.9 Å². The van der Waals surface area contributed by atoms with Crippen molar-refractivity contribution in [2.75, 3.05) is 14.2 Å². The van der Waals surface area contributed by atoms with E-state index in [4.69, 9.17) is 18.9 Å². The number of methoxy groups -OCH3 is 2. The van der Waals surface area contributed by atoms with Gasteiger partial charge in [-0.25, -0.2) is 9.59 Å². The summed E-state index contributed by atoms with van der Waals surface area (Å²) in [5, 5.41) is -0.298. The molecular formula is C25H46O7Si. The first-order chi connectivity index (χ1) is 14.9. The molecule has 0 aromatic heterocycles. The Morgan fingerprint density at radius 3 is 2.12 bits per heavy atom. The molecule has 8 heteroatoms. The number of hydrogen-bond acceptors (Lipinski definition) is 7. The van der Waals surface area contributed by atoms with Gasteiger partial charge in [-0.2, -0.15) is 0 Å². The fourth-order valence-corrected chi connectivity index (χ4v) is 5.35. The maximum atomic E-state index is 12.7. The zero-order chi connectivity index (χ0) is 25.8. The van der Waals surface area contributed by atoms with E-state index in [1.807, 2.05) is 13.1 Å². The fourth-order valence-electron chi connectivity index (χ4n) is 4.59. The highest BCUT2D eigenvalue weighted by Crippen LogP contribution is 2.48. The number of carbonyl (C=O) groups excluding carboxylic acids is 2. The second kappa shape index (κ2) is 11.5. The number of hydrogen-bond donors (Lipinski definition) is 1. The van der Waals surface area contributed by atoms with E-state index < -0.39 is 38.3 Å². The van der Waals surface area contributed by atoms with Crippen molar-refractivity contribution in [3.05, 3.63) is 11.6 Å². The summed E-state index contributed by atoms with van der Waals surface area (Å²) in [4.78, 5) is 35.7. The summed E-state index contributed by atoms with van der Waals surface area (Å²) in [6, 6.07) is 0. The fraction of sp³-hybridized carbons (Fsp3) is 0.840. The largest absolute Gasteiger partial charge is 0.466 e. The molecule has 1 aliphatic heterocycles. The second-order valence-electron chi connectivity index (χ2n) is 11.5. The van der Waals surface area contributed by atoms with E-state index in [2.05, 4.69) is 34.6 Å². The van der Waals surface area contributed by atoms with Gasteiger partial charge in [-0.15, -0.1) is 0 Å². The monoisotopic (exact) mass is 486 g/mol. The van der Waals surface area contributed by atoms with Crippen molar-refractivity contribution in [1.29, 1.82) is 0 Å². The minimum atomic E-state index is -2.50. The third kappa shape index (κ3) is 8.49. The summed E-state index contributed by atoms with van der Waals surface area (Å²) in [5.41, 5.74) is 0.0831. The molecule has 7 nitrogen and oxygen atoms in total. The third-order valence-electron chi connectivity index (χ3n) is 6.80. The Bertz CT molecular complexity index is 706. The molecule has 1 saturated heterocycles. The normalized spacial score (nSPS) is 23.4. The summed E-state index contributed by atoms with van der Waals surface area (Å²) in [6.45, 7) is 18.3. The SMILES string of the molecule is COC(=O)/C=C(\C(=O)OC)[C@@H]1OC(C)(C)O[C@H]1[C@H](CC(C)CC(C)C)CC(C)(C)[Si](C)(C)O. The van der Waals surface area contributed by atoms with Crippen LogP contribution < -0.4 is 0 Å². The Hall–Kier alpha value is -1.22. The quantitative estimate of drug-likeness (QED) is 0.254. The molecule has 0 amide bonds. The summed E-state index contributed by atoms with van der Waals surface area (Å²) in [6.07, 6.45) is 2.47. The van der Waals surface area contributed by atoms with Crippen molar-refractivity contribution in [2.45, 2.75) is 104 Å². The lowest BCUT2D eigenvalue weighted by Gasteiger charge is -2.41. The van der Waals surface area contributed by atoms with Crippen molar-refractivity contribution >= 4 is 20.3 Å². The van der Waals surface area contributed by atoms with E-state index in [-0.39, 0.29) is 16.5 Å². The minimum Gasteiger partial charge on any atom is -0.466 e. The second-order valence-corrected chi connectivity index (χ2v) is 16.0. The van der Waals surface area contributed by atoms with Crippen LogP contribution in [0.5, 0.6) is 0 Å². The molecule has 0 aromatic rings. The molecule has 0 bridgehead atoms. The summed E-state index contributed by atoms with van der Waals surface area (Å²) >= 11 is 0. The molecule has 0 spiro atoms. The molecule has 0 aromatic carbocycles. The van der Waals surface area contributed by atoms with Crippen LogP contribution >= 0.6 is 0 Å². The number of ether oxygens (including phenoxy) is 4. The Balaban J connectivity index is 3.49. The molecule has 1 N–H and O–H groups in total. The maximum absolute atomic E-state index is 12.7. The molecule has 1 rings (SSSR count). The first-order valence-electron chi connectivity index (χ1n) is 11.9. The molecule has 1 fully saturated rings. The topological polar surface area (TPSA) is 91.3 Å². The number of carbonyl (C=O) groups is 2. The Kier molecular flexibility index (Phi) is 10.4. The van der Waals surface area contributed by atoms with Crippen molar-refractivity contribution in [2.24, 2.45) is 17.8 Å². The van der Waals surface area contributed by atoms with Crippen LogP contribution in [0.1, 0.15) is 67.7 Å². The number of esters is 2. The van der Waals surface area contributed by atoms with Gasteiger partial charge in [0, 0.05) is 6.08 Å². The predicted molar refractivity (Wildman–Crippen MR) is 131 cm³/mol. The zero-order valence-corrected chi connectivity index (χ0v) is 23.5. The van der Waals surface area contributed by atoms with Gasteiger partial charge in [0.2, 0.25) is 0 Å². The van der Waals surface area contributed by atoms with Crippen molar-refractivity contribution in [3.8, 4) is 0 Å². The minimum absolute atomic E-state index is 0.00912. The van der Waals surface area contributed by atoms with Crippen LogP contribution in [0.25, 0.3) is 0 Å². The van der Waals surface area contributed by atoms with E-state index in [0.29, 0.717) is 18.3 Å². The lowest BCUT2D eigenvalue weighted by atomic mass is 9.79. The van der Waals surface area contributed by atoms with Crippen LogP contribution in [-0.2, 0) is 28.5 Å².